The zero-order valence-electron chi connectivity index (χ0n) is 10.6. The Labute approximate surface area is 112 Å². The molecule has 17 heavy (non-hydrogen) atoms. The molecule has 3 heteroatoms. The van der Waals surface area contributed by atoms with Gasteiger partial charge in [-0.1, -0.05) is 35.8 Å². The van der Waals surface area contributed by atoms with Crippen LogP contribution in [-0.4, -0.2) is 19.6 Å². The van der Waals surface area contributed by atoms with Crippen LogP contribution in [-0.2, 0) is 0 Å². The number of anilines is 1. The molecular formula is C14H21BrN2. The van der Waals surface area contributed by atoms with Gasteiger partial charge in [-0.05, 0) is 42.5 Å². The van der Waals surface area contributed by atoms with Crippen molar-refractivity contribution >= 4 is 21.6 Å². The summed E-state index contributed by atoms with van der Waals surface area (Å²) in [5, 5.41) is 0. The molecule has 2 N–H and O–H groups in total. The van der Waals surface area contributed by atoms with E-state index in [1.807, 2.05) is 0 Å². The summed E-state index contributed by atoms with van der Waals surface area (Å²) in [7, 11) is 0. The number of halogens is 1. The average Bonchev–Trinajstić information content (AvgIpc) is 2.27. The van der Waals surface area contributed by atoms with Crippen molar-refractivity contribution in [2.75, 3.05) is 24.5 Å². The zero-order chi connectivity index (χ0) is 12.5. The first-order valence-electron chi connectivity index (χ1n) is 6.23. The van der Waals surface area contributed by atoms with Crippen molar-refractivity contribution in [3.8, 4) is 0 Å². The molecule has 2 nitrogen and oxygen atoms in total. The van der Waals surface area contributed by atoms with E-state index in [-0.39, 0.29) is 0 Å². The smallest absolute Gasteiger partial charge is 0.0377 e. The van der Waals surface area contributed by atoms with Crippen molar-refractivity contribution in [1.82, 2.24) is 0 Å². The van der Waals surface area contributed by atoms with E-state index in [4.69, 9.17) is 5.73 Å². The number of benzene rings is 1. The van der Waals surface area contributed by atoms with Crippen LogP contribution in [0.5, 0.6) is 0 Å². The minimum Gasteiger partial charge on any atom is -0.371 e. The van der Waals surface area contributed by atoms with Gasteiger partial charge in [0.05, 0.1) is 0 Å². The fourth-order valence-corrected chi connectivity index (χ4v) is 3.12. The maximum atomic E-state index is 5.86. The summed E-state index contributed by atoms with van der Waals surface area (Å²) < 4.78 is 1.15. The van der Waals surface area contributed by atoms with Crippen LogP contribution in [0.3, 0.4) is 0 Å². The van der Waals surface area contributed by atoms with Gasteiger partial charge in [0.25, 0.3) is 0 Å². The molecule has 1 heterocycles. The normalized spacial score (nSPS) is 23.8. The predicted molar refractivity (Wildman–Crippen MR) is 77.3 cm³/mol. The maximum absolute atomic E-state index is 5.86. The molecule has 1 aromatic carbocycles. The molecule has 0 aromatic heterocycles. The first-order chi connectivity index (χ1) is 8.03. The van der Waals surface area contributed by atoms with Gasteiger partial charge in [-0.15, -0.1) is 0 Å². The Morgan fingerprint density at radius 2 is 2.24 bits per heavy atom. The molecule has 0 aliphatic carbocycles. The molecular weight excluding hydrogens is 276 g/mol. The van der Waals surface area contributed by atoms with E-state index in [9.17, 15) is 0 Å². The highest BCUT2D eigenvalue weighted by Gasteiger charge is 2.34. The molecule has 1 aliphatic rings. The molecule has 0 spiro atoms. The summed E-state index contributed by atoms with van der Waals surface area (Å²) in [6, 6.07) is 8.55. The number of piperidine rings is 1. The molecule has 2 rings (SSSR count). The molecule has 1 aromatic rings. The summed E-state index contributed by atoms with van der Waals surface area (Å²) in [5.74, 6) is 0.644. The van der Waals surface area contributed by atoms with E-state index in [0.29, 0.717) is 11.3 Å². The number of nitrogens with zero attached hydrogens (tertiary/aromatic N) is 1. The molecule has 0 bridgehead atoms. The van der Waals surface area contributed by atoms with Crippen LogP contribution in [0.2, 0.25) is 0 Å². The Hall–Kier alpha value is -0.540. The van der Waals surface area contributed by atoms with Crippen LogP contribution in [0.1, 0.15) is 20.3 Å². The van der Waals surface area contributed by atoms with Crippen molar-refractivity contribution in [3.63, 3.8) is 0 Å². The van der Waals surface area contributed by atoms with Gasteiger partial charge < -0.3 is 10.6 Å². The van der Waals surface area contributed by atoms with E-state index >= 15 is 0 Å². The fourth-order valence-electron chi connectivity index (χ4n) is 2.73. The monoisotopic (exact) mass is 296 g/mol. The predicted octanol–water partition coefficient (Wildman–Crippen LogP) is 3.26. The Kier molecular flexibility index (Phi) is 3.79. The second-order valence-corrected chi connectivity index (χ2v) is 6.53. The molecule has 1 aliphatic heterocycles. The number of rotatable bonds is 2. The summed E-state index contributed by atoms with van der Waals surface area (Å²) >= 11 is 3.54. The maximum Gasteiger partial charge on any atom is 0.0377 e. The highest BCUT2D eigenvalue weighted by atomic mass is 79.9. The second kappa shape index (κ2) is 4.99. The summed E-state index contributed by atoms with van der Waals surface area (Å²) in [6.45, 7) is 7.66. The highest BCUT2D eigenvalue weighted by Crippen LogP contribution is 2.36. The quantitative estimate of drug-likeness (QED) is 0.908. The third-order valence-electron chi connectivity index (χ3n) is 3.91. The van der Waals surface area contributed by atoms with E-state index in [0.717, 1.165) is 24.1 Å². The minimum absolute atomic E-state index is 0.301. The Morgan fingerprint density at radius 3 is 2.82 bits per heavy atom. The lowest BCUT2D eigenvalue weighted by Gasteiger charge is -2.45. The van der Waals surface area contributed by atoms with Crippen molar-refractivity contribution in [2.45, 2.75) is 20.3 Å². The lowest BCUT2D eigenvalue weighted by atomic mass is 9.74. The Bertz CT molecular complexity index is 390. The second-order valence-electron chi connectivity index (χ2n) is 5.61. The van der Waals surface area contributed by atoms with Crippen LogP contribution in [0.15, 0.2) is 28.7 Å². The first-order valence-corrected chi connectivity index (χ1v) is 7.03. The van der Waals surface area contributed by atoms with Crippen LogP contribution in [0.4, 0.5) is 5.69 Å². The lowest BCUT2D eigenvalue weighted by molar-refractivity contribution is 0.182. The van der Waals surface area contributed by atoms with Gasteiger partial charge in [-0.25, -0.2) is 0 Å². The van der Waals surface area contributed by atoms with Crippen LogP contribution in [0, 0.1) is 11.3 Å². The van der Waals surface area contributed by atoms with Gasteiger partial charge in [0.15, 0.2) is 0 Å². The van der Waals surface area contributed by atoms with Crippen LogP contribution < -0.4 is 10.6 Å². The number of hydrogen-bond acceptors (Lipinski definition) is 2. The highest BCUT2D eigenvalue weighted by molar-refractivity contribution is 9.10. The van der Waals surface area contributed by atoms with Gasteiger partial charge in [0.2, 0.25) is 0 Å². The summed E-state index contributed by atoms with van der Waals surface area (Å²) in [4.78, 5) is 2.47. The Balaban J connectivity index is 2.15. The van der Waals surface area contributed by atoms with Crippen molar-refractivity contribution in [3.05, 3.63) is 28.7 Å². The van der Waals surface area contributed by atoms with E-state index in [1.165, 1.54) is 12.1 Å². The zero-order valence-corrected chi connectivity index (χ0v) is 12.2. The SMILES string of the molecule is CC1(C)CN(c2cccc(Br)c2)CCC1CN. The molecule has 1 saturated heterocycles. The molecule has 0 amide bonds. The molecule has 1 unspecified atom stereocenters. The Morgan fingerprint density at radius 1 is 1.47 bits per heavy atom. The van der Waals surface area contributed by atoms with Crippen molar-refractivity contribution in [1.29, 1.82) is 0 Å². The first kappa shape index (κ1) is 12.9. The van der Waals surface area contributed by atoms with Gasteiger partial charge >= 0.3 is 0 Å². The summed E-state index contributed by atoms with van der Waals surface area (Å²) in [5.41, 5.74) is 7.47. The standard InChI is InChI=1S/C14H21BrN2/c1-14(2)10-17(7-6-11(14)9-16)13-5-3-4-12(15)8-13/h3-5,8,11H,6-7,9-10,16H2,1-2H3. The lowest BCUT2D eigenvalue weighted by Crippen LogP contribution is -2.48. The van der Waals surface area contributed by atoms with E-state index < -0.39 is 0 Å². The molecule has 0 saturated carbocycles. The van der Waals surface area contributed by atoms with Gasteiger partial charge in [-0.3, -0.25) is 0 Å². The fraction of sp³-hybridized carbons (Fsp3) is 0.571. The summed E-state index contributed by atoms with van der Waals surface area (Å²) in [6.07, 6.45) is 1.19. The number of hydrogen-bond donors (Lipinski definition) is 1. The third-order valence-corrected chi connectivity index (χ3v) is 4.40. The number of nitrogens with two attached hydrogens (primary N) is 1. The molecule has 0 radical (unpaired) electrons. The average molecular weight is 297 g/mol. The molecule has 1 atom stereocenters. The van der Waals surface area contributed by atoms with Crippen molar-refractivity contribution in [2.24, 2.45) is 17.1 Å². The largest absolute Gasteiger partial charge is 0.371 e. The van der Waals surface area contributed by atoms with Gasteiger partial charge in [0, 0.05) is 23.2 Å². The molecule has 94 valence electrons. The van der Waals surface area contributed by atoms with Crippen molar-refractivity contribution < 1.29 is 0 Å². The van der Waals surface area contributed by atoms with Gasteiger partial charge in [-0.2, -0.15) is 0 Å². The van der Waals surface area contributed by atoms with Gasteiger partial charge in [0.1, 0.15) is 0 Å². The van der Waals surface area contributed by atoms with Crippen LogP contribution >= 0.6 is 15.9 Å². The van der Waals surface area contributed by atoms with E-state index in [1.54, 1.807) is 0 Å². The van der Waals surface area contributed by atoms with E-state index in [2.05, 4.69) is 58.9 Å². The molecule has 1 fully saturated rings. The van der Waals surface area contributed by atoms with Crippen LogP contribution in [0.25, 0.3) is 0 Å². The topological polar surface area (TPSA) is 29.3 Å². The minimum atomic E-state index is 0.301. The third kappa shape index (κ3) is 2.83.